The van der Waals surface area contributed by atoms with E-state index in [0.717, 1.165) is 19.8 Å². The van der Waals surface area contributed by atoms with Crippen molar-refractivity contribution >= 4 is 5.82 Å². The van der Waals surface area contributed by atoms with Gasteiger partial charge < -0.3 is 10.1 Å². The Bertz CT molecular complexity index is 424. The summed E-state index contributed by atoms with van der Waals surface area (Å²) in [6, 6.07) is 1.40. The average Bonchev–Trinajstić information content (AvgIpc) is 2.35. The van der Waals surface area contributed by atoms with Gasteiger partial charge >= 0.3 is 6.18 Å². The van der Waals surface area contributed by atoms with E-state index in [-0.39, 0.29) is 5.88 Å². The number of hydrogen-bond donors (Lipinski definition) is 1. The first kappa shape index (κ1) is 16.5. The van der Waals surface area contributed by atoms with E-state index in [4.69, 9.17) is 4.74 Å². The van der Waals surface area contributed by atoms with Crippen LogP contribution in [0.3, 0.4) is 0 Å². The van der Waals surface area contributed by atoms with Crippen LogP contribution in [0.25, 0.3) is 0 Å². The molecule has 0 aliphatic heterocycles. The average molecular weight is 291 g/mol. The Balaban J connectivity index is 2.90. The highest BCUT2D eigenvalue weighted by atomic mass is 19.4. The van der Waals surface area contributed by atoms with E-state index in [1.54, 1.807) is 0 Å². The Morgan fingerprint density at radius 2 is 1.95 bits per heavy atom. The zero-order chi connectivity index (χ0) is 15.2. The van der Waals surface area contributed by atoms with Gasteiger partial charge in [0.25, 0.3) is 0 Å². The first-order valence-corrected chi connectivity index (χ1v) is 6.72. The molecule has 0 radical (unpaired) electrons. The van der Waals surface area contributed by atoms with E-state index in [9.17, 15) is 13.2 Å². The molecule has 0 aliphatic rings. The minimum absolute atomic E-state index is 0.0492. The quantitative estimate of drug-likeness (QED) is 0.834. The van der Waals surface area contributed by atoms with Crippen LogP contribution < -0.4 is 10.1 Å². The first-order valence-electron chi connectivity index (χ1n) is 6.72. The molecule has 20 heavy (non-hydrogen) atoms. The summed E-state index contributed by atoms with van der Waals surface area (Å²) in [5, 5.41) is 3.03. The van der Waals surface area contributed by atoms with Crippen molar-refractivity contribution in [2.45, 2.75) is 52.3 Å². The van der Waals surface area contributed by atoms with Crippen LogP contribution in [-0.4, -0.2) is 28.8 Å². The third-order valence-corrected chi connectivity index (χ3v) is 2.54. The van der Waals surface area contributed by atoms with Gasteiger partial charge in [0.15, 0.2) is 6.10 Å². The van der Waals surface area contributed by atoms with Crippen molar-refractivity contribution in [3.05, 3.63) is 11.9 Å². The lowest BCUT2D eigenvalue weighted by atomic mass is 10.3. The normalized spacial score (nSPS) is 13.1. The smallest absolute Gasteiger partial charge is 0.425 e. The highest BCUT2D eigenvalue weighted by molar-refractivity contribution is 5.38. The Morgan fingerprint density at radius 3 is 2.50 bits per heavy atom. The largest absolute Gasteiger partial charge is 0.465 e. The molecular formula is C13H20F3N3O. The lowest BCUT2D eigenvalue weighted by molar-refractivity contribution is -0.190. The molecule has 114 valence electrons. The van der Waals surface area contributed by atoms with Gasteiger partial charge in [-0.05, 0) is 19.8 Å². The van der Waals surface area contributed by atoms with Gasteiger partial charge in [-0.15, -0.1) is 0 Å². The molecule has 0 spiro atoms. The number of aromatic nitrogens is 2. The summed E-state index contributed by atoms with van der Waals surface area (Å²) >= 11 is 0. The van der Waals surface area contributed by atoms with Crippen molar-refractivity contribution in [1.82, 2.24) is 9.97 Å². The van der Waals surface area contributed by atoms with Gasteiger partial charge in [0.05, 0.1) is 0 Å². The Hall–Kier alpha value is -1.53. The van der Waals surface area contributed by atoms with Gasteiger partial charge in [-0.1, -0.05) is 13.8 Å². The van der Waals surface area contributed by atoms with E-state index in [1.165, 1.54) is 6.07 Å². The predicted octanol–water partition coefficient (Wildman–Crippen LogP) is 3.58. The topological polar surface area (TPSA) is 47.0 Å². The van der Waals surface area contributed by atoms with Crippen molar-refractivity contribution in [2.24, 2.45) is 0 Å². The zero-order valence-electron chi connectivity index (χ0n) is 11.9. The molecule has 0 saturated heterocycles. The fraction of sp³-hybridized carbons (Fsp3) is 0.692. The summed E-state index contributed by atoms with van der Waals surface area (Å²) in [5.74, 6) is 0.930. The molecule has 0 saturated carbocycles. The Labute approximate surface area is 116 Å². The number of anilines is 1. The molecule has 1 N–H and O–H groups in total. The van der Waals surface area contributed by atoms with E-state index < -0.39 is 12.3 Å². The van der Waals surface area contributed by atoms with Crippen molar-refractivity contribution in [1.29, 1.82) is 0 Å². The van der Waals surface area contributed by atoms with Crippen molar-refractivity contribution in [2.75, 3.05) is 11.9 Å². The van der Waals surface area contributed by atoms with Crippen LogP contribution in [0.5, 0.6) is 5.88 Å². The Kier molecular flexibility index (Phi) is 6.04. The number of nitrogens with one attached hydrogen (secondary N) is 1. The second-order valence-electron chi connectivity index (χ2n) is 4.49. The van der Waals surface area contributed by atoms with Crippen LogP contribution in [0.2, 0.25) is 0 Å². The molecule has 4 nitrogen and oxygen atoms in total. The lowest BCUT2D eigenvalue weighted by Crippen LogP contribution is -2.31. The van der Waals surface area contributed by atoms with Crippen LogP contribution in [0.1, 0.15) is 39.4 Å². The summed E-state index contributed by atoms with van der Waals surface area (Å²) in [6.07, 6.45) is -4.01. The minimum atomic E-state index is -4.41. The fourth-order valence-electron chi connectivity index (χ4n) is 1.46. The first-order chi connectivity index (χ1) is 9.36. The summed E-state index contributed by atoms with van der Waals surface area (Å²) < 4.78 is 42.4. The minimum Gasteiger partial charge on any atom is -0.465 e. The van der Waals surface area contributed by atoms with Gasteiger partial charge in [0.2, 0.25) is 5.88 Å². The molecule has 1 heterocycles. The van der Waals surface area contributed by atoms with E-state index in [1.807, 2.05) is 13.8 Å². The van der Waals surface area contributed by atoms with Crippen molar-refractivity contribution in [3.8, 4) is 5.88 Å². The zero-order valence-corrected chi connectivity index (χ0v) is 11.9. The molecule has 0 fully saturated rings. The molecule has 1 unspecified atom stereocenters. The number of alkyl halides is 3. The van der Waals surface area contributed by atoms with Gasteiger partial charge in [0.1, 0.15) is 11.6 Å². The van der Waals surface area contributed by atoms with E-state index in [0.29, 0.717) is 24.6 Å². The van der Waals surface area contributed by atoms with Gasteiger partial charge in [-0.2, -0.15) is 18.2 Å². The van der Waals surface area contributed by atoms with Crippen LogP contribution in [0.15, 0.2) is 6.07 Å². The van der Waals surface area contributed by atoms with Crippen molar-refractivity contribution < 1.29 is 17.9 Å². The van der Waals surface area contributed by atoms with Gasteiger partial charge in [-0.3, -0.25) is 0 Å². The second-order valence-corrected chi connectivity index (χ2v) is 4.49. The maximum Gasteiger partial charge on any atom is 0.425 e. The molecular weight excluding hydrogens is 271 g/mol. The number of hydrogen-bond acceptors (Lipinski definition) is 4. The third-order valence-electron chi connectivity index (χ3n) is 2.54. The predicted molar refractivity (Wildman–Crippen MR) is 71.0 cm³/mol. The number of nitrogens with zero attached hydrogens (tertiary/aromatic N) is 2. The standard InChI is InChI=1S/C13H20F3N3O/c1-4-6-10-18-11(17-7-5-2)8-12(19-10)20-9(3)13(14,15)16/h8-9H,4-7H2,1-3H3,(H,17,18,19). The molecule has 0 amide bonds. The highest BCUT2D eigenvalue weighted by Crippen LogP contribution is 2.25. The Morgan fingerprint density at radius 1 is 1.25 bits per heavy atom. The van der Waals surface area contributed by atoms with Crippen molar-refractivity contribution in [3.63, 3.8) is 0 Å². The summed E-state index contributed by atoms with van der Waals surface area (Å²) in [4.78, 5) is 8.26. The monoisotopic (exact) mass is 291 g/mol. The molecule has 1 atom stereocenters. The molecule has 0 bridgehead atoms. The van der Waals surface area contributed by atoms with Crippen LogP contribution >= 0.6 is 0 Å². The summed E-state index contributed by atoms with van der Waals surface area (Å²) in [7, 11) is 0. The molecule has 1 rings (SSSR count). The number of halogens is 3. The van der Waals surface area contributed by atoms with Crippen LogP contribution in [-0.2, 0) is 6.42 Å². The maximum atomic E-state index is 12.5. The highest BCUT2D eigenvalue weighted by Gasteiger charge is 2.38. The molecule has 7 heteroatoms. The molecule has 1 aromatic rings. The fourth-order valence-corrected chi connectivity index (χ4v) is 1.46. The van der Waals surface area contributed by atoms with E-state index >= 15 is 0 Å². The number of rotatable bonds is 7. The van der Waals surface area contributed by atoms with Crippen LogP contribution in [0, 0.1) is 0 Å². The number of ether oxygens (including phenoxy) is 1. The molecule has 1 aromatic heterocycles. The molecule has 0 aliphatic carbocycles. The number of aryl methyl sites for hydroxylation is 1. The lowest BCUT2D eigenvalue weighted by Gasteiger charge is -2.18. The molecule has 0 aromatic carbocycles. The van der Waals surface area contributed by atoms with Gasteiger partial charge in [-0.25, -0.2) is 4.98 Å². The summed E-state index contributed by atoms with van der Waals surface area (Å²) in [6.45, 7) is 5.59. The van der Waals surface area contributed by atoms with Crippen LogP contribution in [0.4, 0.5) is 19.0 Å². The summed E-state index contributed by atoms with van der Waals surface area (Å²) in [5.41, 5.74) is 0. The second kappa shape index (κ2) is 7.31. The SMILES string of the molecule is CCCNc1cc(OC(C)C(F)(F)F)nc(CCC)n1. The van der Waals surface area contributed by atoms with E-state index in [2.05, 4.69) is 15.3 Å². The maximum absolute atomic E-state index is 12.5. The third kappa shape index (κ3) is 5.22. The van der Waals surface area contributed by atoms with Gasteiger partial charge in [0, 0.05) is 19.0 Å².